The van der Waals surface area contributed by atoms with Crippen LogP contribution < -0.4 is 14.8 Å². The van der Waals surface area contributed by atoms with E-state index in [1.807, 2.05) is 24.3 Å². The minimum atomic E-state index is -0.436. The third-order valence-corrected chi connectivity index (χ3v) is 5.56. The monoisotopic (exact) mass is 489 g/mol. The van der Waals surface area contributed by atoms with Gasteiger partial charge in [0.25, 0.3) is 5.91 Å². The molecule has 0 aliphatic heterocycles. The summed E-state index contributed by atoms with van der Waals surface area (Å²) < 4.78 is 27.3. The predicted molar refractivity (Wildman–Crippen MR) is 134 cm³/mol. The molecule has 186 valence electrons. The summed E-state index contributed by atoms with van der Waals surface area (Å²) in [6, 6.07) is 17.7. The number of carbonyl (C=O) groups is 2. The van der Waals surface area contributed by atoms with E-state index in [9.17, 15) is 9.59 Å². The fourth-order valence-corrected chi connectivity index (χ4v) is 3.78. The maximum Gasteiger partial charge on any atom is 0.341 e. The number of benzene rings is 2. The number of carbonyl (C=O) groups excluding carboxylic acids is 2. The molecular weight excluding hydrogens is 462 g/mol. The molecule has 0 aliphatic carbocycles. The topological polar surface area (TPSA) is 100 Å². The molecule has 8 nitrogen and oxygen atoms in total. The Kier molecular flexibility index (Phi) is 7.44. The lowest BCUT2D eigenvalue weighted by Crippen LogP contribution is -2.10. The van der Waals surface area contributed by atoms with Gasteiger partial charge in [0.15, 0.2) is 5.76 Å². The Hall–Kier alpha value is -4.46. The average Bonchev–Trinajstić information content (AvgIpc) is 3.51. The highest BCUT2D eigenvalue weighted by molar-refractivity contribution is 6.02. The summed E-state index contributed by atoms with van der Waals surface area (Å²) in [5.74, 6) is 2.33. The van der Waals surface area contributed by atoms with Crippen molar-refractivity contribution in [3.63, 3.8) is 0 Å². The molecule has 0 saturated heterocycles. The van der Waals surface area contributed by atoms with Crippen LogP contribution in [-0.4, -0.2) is 32.7 Å². The molecule has 36 heavy (non-hydrogen) atoms. The van der Waals surface area contributed by atoms with Gasteiger partial charge in [0.2, 0.25) is 0 Å². The largest absolute Gasteiger partial charge is 0.497 e. The Morgan fingerprint density at radius 2 is 1.78 bits per heavy atom. The summed E-state index contributed by atoms with van der Waals surface area (Å²) in [6.45, 7) is 3.73. The van der Waals surface area contributed by atoms with Gasteiger partial charge in [-0.25, -0.2) is 4.79 Å². The zero-order valence-electron chi connectivity index (χ0n) is 20.5. The highest BCUT2D eigenvalue weighted by atomic mass is 16.5. The van der Waals surface area contributed by atoms with E-state index in [1.54, 1.807) is 64.5 Å². The molecule has 1 N–H and O–H groups in total. The summed E-state index contributed by atoms with van der Waals surface area (Å²) in [7, 11) is 3.20. The molecule has 0 fully saturated rings. The fraction of sp³-hybridized carbons (Fsp3) is 0.214. The summed E-state index contributed by atoms with van der Waals surface area (Å²) >= 11 is 0. The van der Waals surface area contributed by atoms with Gasteiger partial charge in [-0.1, -0.05) is 12.1 Å². The van der Waals surface area contributed by atoms with E-state index >= 15 is 0 Å². The number of amides is 1. The Labute approximate surface area is 208 Å². The van der Waals surface area contributed by atoms with Crippen molar-refractivity contribution in [1.82, 2.24) is 0 Å². The van der Waals surface area contributed by atoms with Gasteiger partial charge in [-0.3, -0.25) is 4.79 Å². The smallest absolute Gasteiger partial charge is 0.341 e. The first-order valence-electron chi connectivity index (χ1n) is 11.4. The van der Waals surface area contributed by atoms with Crippen molar-refractivity contribution in [3.8, 4) is 22.8 Å². The summed E-state index contributed by atoms with van der Waals surface area (Å²) in [4.78, 5) is 24.9. The number of hydrogen-bond donors (Lipinski definition) is 1. The first kappa shape index (κ1) is 24.7. The number of nitrogens with one attached hydrogen (secondary N) is 1. The van der Waals surface area contributed by atoms with Crippen LogP contribution in [0.4, 0.5) is 5.69 Å². The number of aryl methyl sites for hydroxylation is 1. The first-order chi connectivity index (χ1) is 17.4. The summed E-state index contributed by atoms with van der Waals surface area (Å²) in [5, 5.41) is 2.84. The highest BCUT2D eigenvalue weighted by Gasteiger charge is 2.18. The third kappa shape index (κ3) is 5.43. The number of methoxy groups -OCH3 is 2. The van der Waals surface area contributed by atoms with Crippen LogP contribution in [0, 0.1) is 6.92 Å². The number of esters is 1. The van der Waals surface area contributed by atoms with Crippen molar-refractivity contribution in [2.45, 2.75) is 20.3 Å². The fourth-order valence-electron chi connectivity index (χ4n) is 3.78. The molecule has 4 rings (SSSR count). The second-order valence-corrected chi connectivity index (χ2v) is 7.96. The minimum Gasteiger partial charge on any atom is -0.497 e. The lowest BCUT2D eigenvalue weighted by Gasteiger charge is -2.09. The quantitative estimate of drug-likeness (QED) is 0.293. The maximum atomic E-state index is 12.8. The molecule has 0 bridgehead atoms. The van der Waals surface area contributed by atoms with Crippen LogP contribution in [0.25, 0.3) is 11.3 Å². The van der Waals surface area contributed by atoms with E-state index in [4.69, 9.17) is 23.0 Å². The molecule has 8 heteroatoms. The molecule has 0 saturated carbocycles. The predicted octanol–water partition coefficient (Wildman–Crippen LogP) is 5.89. The second-order valence-electron chi connectivity index (χ2n) is 7.96. The van der Waals surface area contributed by atoms with Crippen molar-refractivity contribution in [2.24, 2.45) is 0 Å². The van der Waals surface area contributed by atoms with Crippen LogP contribution in [0.3, 0.4) is 0 Å². The molecule has 2 heterocycles. The van der Waals surface area contributed by atoms with Crippen LogP contribution >= 0.6 is 0 Å². The molecule has 0 aliphatic rings. The zero-order chi connectivity index (χ0) is 25.7. The van der Waals surface area contributed by atoms with Crippen LogP contribution in [-0.2, 0) is 11.2 Å². The van der Waals surface area contributed by atoms with E-state index in [0.29, 0.717) is 52.0 Å². The van der Waals surface area contributed by atoms with E-state index < -0.39 is 5.97 Å². The van der Waals surface area contributed by atoms with Crippen LogP contribution in [0.15, 0.2) is 69.5 Å². The van der Waals surface area contributed by atoms with Crippen molar-refractivity contribution >= 4 is 17.6 Å². The first-order valence-corrected chi connectivity index (χ1v) is 11.4. The Morgan fingerprint density at radius 3 is 2.53 bits per heavy atom. The van der Waals surface area contributed by atoms with Gasteiger partial charge in [-0.05, 0) is 62.4 Å². The Morgan fingerprint density at radius 1 is 0.944 bits per heavy atom. The lowest BCUT2D eigenvalue weighted by atomic mass is 10.1. The van der Waals surface area contributed by atoms with Crippen LogP contribution in [0.1, 0.15) is 44.9 Å². The van der Waals surface area contributed by atoms with Gasteiger partial charge in [-0.15, -0.1) is 0 Å². The molecule has 0 unspecified atom stereocenters. The molecule has 0 spiro atoms. The van der Waals surface area contributed by atoms with Crippen molar-refractivity contribution in [2.75, 3.05) is 26.1 Å². The van der Waals surface area contributed by atoms with Crippen LogP contribution in [0.2, 0.25) is 0 Å². The van der Waals surface area contributed by atoms with E-state index in [-0.39, 0.29) is 18.3 Å². The number of anilines is 1. The van der Waals surface area contributed by atoms with Gasteiger partial charge in [0.1, 0.15) is 34.3 Å². The molecule has 0 radical (unpaired) electrons. The van der Waals surface area contributed by atoms with E-state index in [0.717, 1.165) is 5.56 Å². The highest BCUT2D eigenvalue weighted by Crippen LogP contribution is 2.29. The maximum absolute atomic E-state index is 12.8. The summed E-state index contributed by atoms with van der Waals surface area (Å²) in [6.07, 6.45) is 0.434. The molecule has 1 amide bonds. The van der Waals surface area contributed by atoms with Crippen molar-refractivity contribution in [3.05, 3.63) is 89.1 Å². The number of ether oxygens (including phenoxy) is 3. The Balaban J connectivity index is 1.48. The van der Waals surface area contributed by atoms with E-state index in [2.05, 4.69) is 5.32 Å². The zero-order valence-corrected chi connectivity index (χ0v) is 20.5. The van der Waals surface area contributed by atoms with Gasteiger partial charge in [0.05, 0.1) is 20.8 Å². The standard InChI is InChI=1S/C28H27NO7/c1-5-34-28(31)23-16-26(35-17(23)2)18-7-6-8-20(13-18)29-27(30)25-12-10-22(36-25)15-19-14-21(32-3)9-11-24(19)33-4/h6-14,16H,5,15H2,1-4H3,(H,29,30). The second kappa shape index (κ2) is 10.9. The molecule has 2 aromatic heterocycles. The van der Waals surface area contributed by atoms with Crippen molar-refractivity contribution < 1.29 is 32.6 Å². The van der Waals surface area contributed by atoms with E-state index in [1.165, 1.54) is 0 Å². The van der Waals surface area contributed by atoms with Gasteiger partial charge in [0, 0.05) is 23.2 Å². The molecular formula is C28H27NO7. The number of hydrogen-bond acceptors (Lipinski definition) is 7. The van der Waals surface area contributed by atoms with Gasteiger partial charge in [-0.2, -0.15) is 0 Å². The third-order valence-electron chi connectivity index (χ3n) is 5.56. The molecule has 0 atom stereocenters. The molecule has 2 aromatic carbocycles. The number of furan rings is 2. The average molecular weight is 490 g/mol. The summed E-state index contributed by atoms with van der Waals surface area (Å²) in [5.41, 5.74) is 2.51. The normalized spacial score (nSPS) is 10.7. The Bertz CT molecular complexity index is 1380. The lowest BCUT2D eigenvalue weighted by molar-refractivity contribution is 0.0524. The van der Waals surface area contributed by atoms with Gasteiger partial charge >= 0.3 is 5.97 Å². The molecule has 4 aromatic rings. The van der Waals surface area contributed by atoms with Gasteiger partial charge < -0.3 is 28.4 Å². The SMILES string of the molecule is CCOC(=O)c1cc(-c2cccc(NC(=O)c3ccc(Cc4cc(OC)ccc4OC)o3)c2)oc1C. The number of rotatable bonds is 9. The van der Waals surface area contributed by atoms with Crippen LogP contribution in [0.5, 0.6) is 11.5 Å². The minimum absolute atomic E-state index is 0.177. The van der Waals surface area contributed by atoms with Crippen molar-refractivity contribution in [1.29, 1.82) is 0 Å².